The van der Waals surface area contributed by atoms with Crippen molar-refractivity contribution in [2.75, 3.05) is 5.32 Å². The first kappa shape index (κ1) is 21.5. The number of carbonyl (C=O) groups excluding carboxylic acids is 2. The van der Waals surface area contributed by atoms with Gasteiger partial charge in [0.05, 0.1) is 17.4 Å². The number of hydrogen-bond donors (Lipinski definition) is 3. The van der Waals surface area contributed by atoms with E-state index in [1.165, 1.54) is 31.6 Å². The maximum atomic E-state index is 12.9. The zero-order valence-electron chi connectivity index (χ0n) is 13.6. The monoisotopic (exact) mass is 391 g/mol. The molecule has 2 aromatic rings. The van der Waals surface area contributed by atoms with E-state index in [4.69, 9.17) is 10.2 Å². The Kier molecular flexibility index (Phi) is 7.22. The molecule has 26 heavy (non-hydrogen) atoms. The molecular formula is C16H17ClF3N3O3. The van der Waals surface area contributed by atoms with Crippen molar-refractivity contribution in [3.8, 4) is 0 Å². The molecule has 0 saturated heterocycles. The second kappa shape index (κ2) is 8.72. The van der Waals surface area contributed by atoms with Gasteiger partial charge in [0, 0.05) is 12.2 Å². The Morgan fingerprint density at radius 2 is 1.96 bits per heavy atom. The highest BCUT2D eigenvalue weighted by atomic mass is 35.5. The third-order valence-electron chi connectivity index (χ3n) is 3.35. The lowest BCUT2D eigenvalue weighted by atomic mass is 10.1. The van der Waals surface area contributed by atoms with E-state index in [0.717, 1.165) is 12.1 Å². The van der Waals surface area contributed by atoms with Crippen molar-refractivity contribution in [3.63, 3.8) is 0 Å². The number of alkyl halides is 3. The molecule has 0 fully saturated rings. The summed E-state index contributed by atoms with van der Waals surface area (Å²) in [5.41, 5.74) is 4.88. The quantitative estimate of drug-likeness (QED) is 0.730. The van der Waals surface area contributed by atoms with Gasteiger partial charge in [0.2, 0.25) is 5.91 Å². The van der Waals surface area contributed by atoms with Crippen LogP contribution in [-0.2, 0) is 17.5 Å². The van der Waals surface area contributed by atoms with Gasteiger partial charge >= 0.3 is 6.18 Å². The third-order valence-corrected chi connectivity index (χ3v) is 3.35. The molecular weight excluding hydrogens is 375 g/mol. The first-order chi connectivity index (χ1) is 11.7. The van der Waals surface area contributed by atoms with Crippen molar-refractivity contribution in [1.82, 2.24) is 5.32 Å². The standard InChI is InChI=1S/C16H16F3N3O3.ClH/c1-9(21-15(24)11-2-3-25-8-11)14(23)22-13-5-10(7-20)4-12(6-13)16(17,18)19;/h2-6,8-9H,7,20H2,1H3,(H,21,24)(H,22,23);1H. The molecule has 2 rings (SSSR count). The van der Waals surface area contributed by atoms with Gasteiger partial charge < -0.3 is 20.8 Å². The summed E-state index contributed by atoms with van der Waals surface area (Å²) in [5.74, 6) is -1.21. The number of anilines is 1. The fourth-order valence-corrected chi connectivity index (χ4v) is 2.04. The van der Waals surface area contributed by atoms with Gasteiger partial charge in [0.1, 0.15) is 12.3 Å². The first-order valence-electron chi connectivity index (χ1n) is 7.26. The van der Waals surface area contributed by atoms with Crippen LogP contribution in [0.5, 0.6) is 0 Å². The molecule has 0 aliphatic heterocycles. The predicted molar refractivity (Wildman–Crippen MR) is 90.8 cm³/mol. The molecule has 0 aliphatic carbocycles. The number of nitrogens with two attached hydrogens (primary N) is 1. The minimum atomic E-state index is -4.56. The topological polar surface area (TPSA) is 97.4 Å². The fraction of sp³-hybridized carbons (Fsp3) is 0.250. The van der Waals surface area contributed by atoms with Crippen LogP contribution in [0.15, 0.2) is 41.2 Å². The molecule has 0 bridgehead atoms. The van der Waals surface area contributed by atoms with Crippen molar-refractivity contribution in [1.29, 1.82) is 0 Å². The summed E-state index contributed by atoms with van der Waals surface area (Å²) in [7, 11) is 0. The summed E-state index contributed by atoms with van der Waals surface area (Å²) >= 11 is 0. The molecule has 1 heterocycles. The lowest BCUT2D eigenvalue weighted by Crippen LogP contribution is -2.41. The van der Waals surface area contributed by atoms with Crippen LogP contribution in [0, 0.1) is 0 Å². The van der Waals surface area contributed by atoms with E-state index in [9.17, 15) is 22.8 Å². The molecule has 1 atom stereocenters. The minimum absolute atomic E-state index is 0. The van der Waals surface area contributed by atoms with Gasteiger partial charge in [-0.3, -0.25) is 9.59 Å². The lowest BCUT2D eigenvalue weighted by molar-refractivity contribution is -0.137. The van der Waals surface area contributed by atoms with Crippen LogP contribution in [0.2, 0.25) is 0 Å². The molecule has 1 unspecified atom stereocenters. The van der Waals surface area contributed by atoms with Crippen LogP contribution in [0.25, 0.3) is 0 Å². The van der Waals surface area contributed by atoms with Crippen LogP contribution < -0.4 is 16.4 Å². The smallest absolute Gasteiger partial charge is 0.416 e. The van der Waals surface area contributed by atoms with Gasteiger partial charge in [-0.05, 0) is 36.8 Å². The summed E-state index contributed by atoms with van der Waals surface area (Å²) < 4.78 is 43.4. The molecule has 1 aromatic carbocycles. The Bertz CT molecular complexity index is 764. The normalized spacial score (nSPS) is 12.0. The highest BCUT2D eigenvalue weighted by Crippen LogP contribution is 2.32. The number of hydrogen-bond acceptors (Lipinski definition) is 4. The van der Waals surface area contributed by atoms with Crippen LogP contribution in [0.1, 0.15) is 28.4 Å². The van der Waals surface area contributed by atoms with Crippen molar-refractivity contribution in [3.05, 3.63) is 53.5 Å². The number of furan rings is 1. The number of benzene rings is 1. The van der Waals surface area contributed by atoms with Crippen LogP contribution in [-0.4, -0.2) is 17.9 Å². The zero-order chi connectivity index (χ0) is 18.6. The molecule has 1 aromatic heterocycles. The number of carbonyl (C=O) groups is 2. The summed E-state index contributed by atoms with van der Waals surface area (Å²) in [6.45, 7) is 1.30. The van der Waals surface area contributed by atoms with E-state index in [2.05, 4.69) is 10.6 Å². The number of rotatable bonds is 5. The Hall–Kier alpha value is -2.52. The Labute approximate surface area is 153 Å². The number of halogens is 4. The van der Waals surface area contributed by atoms with E-state index < -0.39 is 29.6 Å². The zero-order valence-corrected chi connectivity index (χ0v) is 14.4. The van der Waals surface area contributed by atoms with Gasteiger partial charge in [0.15, 0.2) is 0 Å². The van der Waals surface area contributed by atoms with Gasteiger partial charge in [-0.2, -0.15) is 13.2 Å². The average molecular weight is 392 g/mol. The molecule has 0 spiro atoms. The molecule has 4 N–H and O–H groups in total. The molecule has 10 heteroatoms. The maximum absolute atomic E-state index is 12.9. The average Bonchev–Trinajstić information content (AvgIpc) is 3.08. The van der Waals surface area contributed by atoms with E-state index in [-0.39, 0.29) is 35.8 Å². The van der Waals surface area contributed by atoms with E-state index in [0.29, 0.717) is 0 Å². The molecule has 2 amide bonds. The fourth-order valence-electron chi connectivity index (χ4n) is 2.04. The van der Waals surface area contributed by atoms with Gasteiger partial charge in [-0.1, -0.05) is 0 Å². The number of amides is 2. The summed E-state index contributed by atoms with van der Waals surface area (Å²) in [5, 5.41) is 4.76. The minimum Gasteiger partial charge on any atom is -0.472 e. The van der Waals surface area contributed by atoms with E-state index >= 15 is 0 Å². The van der Waals surface area contributed by atoms with Gasteiger partial charge in [-0.25, -0.2) is 0 Å². The SMILES string of the molecule is CC(NC(=O)c1ccoc1)C(=O)Nc1cc(CN)cc(C(F)(F)F)c1.Cl. The lowest BCUT2D eigenvalue weighted by Gasteiger charge is -2.16. The Morgan fingerprint density at radius 1 is 1.27 bits per heavy atom. The highest BCUT2D eigenvalue weighted by molar-refractivity contribution is 6.00. The largest absolute Gasteiger partial charge is 0.472 e. The van der Waals surface area contributed by atoms with Crippen molar-refractivity contribution < 1.29 is 27.2 Å². The van der Waals surface area contributed by atoms with Gasteiger partial charge in [-0.15, -0.1) is 12.4 Å². The molecule has 6 nitrogen and oxygen atoms in total. The predicted octanol–water partition coefficient (Wildman–Crippen LogP) is 2.94. The molecule has 142 valence electrons. The summed E-state index contributed by atoms with van der Waals surface area (Å²) in [6, 6.07) is 3.51. The molecule has 0 radical (unpaired) electrons. The second-order valence-electron chi connectivity index (χ2n) is 5.32. The van der Waals surface area contributed by atoms with Crippen molar-refractivity contribution in [2.24, 2.45) is 5.73 Å². The van der Waals surface area contributed by atoms with E-state index in [1.807, 2.05) is 0 Å². The Morgan fingerprint density at radius 3 is 2.50 bits per heavy atom. The number of nitrogens with one attached hydrogen (secondary N) is 2. The van der Waals surface area contributed by atoms with Crippen molar-refractivity contribution >= 4 is 29.9 Å². The molecule has 0 saturated carbocycles. The van der Waals surface area contributed by atoms with Gasteiger partial charge in [0.25, 0.3) is 5.91 Å². The van der Waals surface area contributed by atoms with Crippen molar-refractivity contribution in [2.45, 2.75) is 25.7 Å². The first-order valence-corrected chi connectivity index (χ1v) is 7.26. The summed E-state index contributed by atoms with van der Waals surface area (Å²) in [6.07, 6.45) is -2.05. The van der Waals surface area contributed by atoms with Crippen LogP contribution in [0.3, 0.4) is 0 Å². The van der Waals surface area contributed by atoms with E-state index in [1.54, 1.807) is 0 Å². The molecule has 0 aliphatic rings. The highest BCUT2D eigenvalue weighted by Gasteiger charge is 2.31. The maximum Gasteiger partial charge on any atom is 0.416 e. The summed E-state index contributed by atoms with van der Waals surface area (Å²) in [4.78, 5) is 24.0. The van der Waals surface area contributed by atoms with Crippen LogP contribution >= 0.6 is 12.4 Å². The second-order valence-corrected chi connectivity index (χ2v) is 5.32. The third kappa shape index (κ3) is 5.50. The Balaban J connectivity index is 0.00000338. The van der Waals surface area contributed by atoms with Crippen LogP contribution in [0.4, 0.5) is 18.9 Å².